The van der Waals surface area contributed by atoms with E-state index in [2.05, 4.69) is 0 Å². The standard InChI is InChI=1S/C11H16O4/c1-8(12)6-7-15-11(14)9-2-4-10(13)5-3-9/h9H,2-7H2,1H3. The van der Waals surface area contributed by atoms with Crippen molar-refractivity contribution in [1.29, 1.82) is 0 Å². The van der Waals surface area contributed by atoms with E-state index in [1.54, 1.807) is 0 Å². The first-order valence-corrected chi connectivity index (χ1v) is 5.27. The summed E-state index contributed by atoms with van der Waals surface area (Å²) in [6.45, 7) is 1.63. The maximum Gasteiger partial charge on any atom is 0.308 e. The van der Waals surface area contributed by atoms with Gasteiger partial charge >= 0.3 is 5.97 Å². The number of Topliss-reactive ketones (excluding diaryl/α,β-unsaturated/α-hetero) is 2. The lowest BCUT2D eigenvalue weighted by molar-refractivity contribution is -0.150. The average Bonchev–Trinajstić information content (AvgIpc) is 2.18. The van der Waals surface area contributed by atoms with Gasteiger partial charge in [0, 0.05) is 19.3 Å². The smallest absolute Gasteiger partial charge is 0.308 e. The minimum atomic E-state index is -0.260. The molecule has 1 aliphatic rings. The highest BCUT2D eigenvalue weighted by molar-refractivity contribution is 5.82. The van der Waals surface area contributed by atoms with Gasteiger partial charge in [-0.2, -0.15) is 0 Å². The van der Waals surface area contributed by atoms with Gasteiger partial charge < -0.3 is 4.74 Å². The van der Waals surface area contributed by atoms with Crippen LogP contribution in [0.3, 0.4) is 0 Å². The molecule has 0 saturated heterocycles. The molecule has 0 heterocycles. The van der Waals surface area contributed by atoms with Crippen LogP contribution in [0.5, 0.6) is 0 Å². The third-order valence-electron chi connectivity index (χ3n) is 2.58. The molecule has 15 heavy (non-hydrogen) atoms. The first kappa shape index (κ1) is 11.9. The van der Waals surface area contributed by atoms with Crippen LogP contribution in [0.2, 0.25) is 0 Å². The van der Waals surface area contributed by atoms with E-state index in [0.717, 1.165) is 0 Å². The summed E-state index contributed by atoms with van der Waals surface area (Å²) in [6, 6.07) is 0. The van der Waals surface area contributed by atoms with Crippen molar-refractivity contribution in [3.05, 3.63) is 0 Å². The van der Waals surface area contributed by atoms with Gasteiger partial charge in [-0.15, -0.1) is 0 Å². The number of ketones is 2. The zero-order valence-electron chi connectivity index (χ0n) is 8.95. The molecule has 0 atom stereocenters. The van der Waals surface area contributed by atoms with Crippen LogP contribution in [0.25, 0.3) is 0 Å². The van der Waals surface area contributed by atoms with E-state index in [1.165, 1.54) is 6.92 Å². The minimum Gasteiger partial charge on any atom is -0.465 e. The van der Waals surface area contributed by atoms with Crippen molar-refractivity contribution in [2.45, 2.75) is 39.0 Å². The van der Waals surface area contributed by atoms with Gasteiger partial charge in [0.25, 0.3) is 0 Å². The zero-order chi connectivity index (χ0) is 11.3. The number of hydrogen-bond acceptors (Lipinski definition) is 4. The molecule has 1 aliphatic carbocycles. The highest BCUT2D eigenvalue weighted by atomic mass is 16.5. The summed E-state index contributed by atoms with van der Waals surface area (Å²) >= 11 is 0. The Kier molecular flexibility index (Phi) is 4.46. The molecule has 4 nitrogen and oxygen atoms in total. The Morgan fingerprint density at radius 3 is 2.47 bits per heavy atom. The van der Waals surface area contributed by atoms with Crippen LogP contribution in [0.1, 0.15) is 39.0 Å². The molecule has 0 bridgehead atoms. The molecule has 84 valence electrons. The molecule has 0 aromatic carbocycles. The second-order valence-electron chi connectivity index (χ2n) is 3.93. The third kappa shape index (κ3) is 4.23. The van der Waals surface area contributed by atoms with Gasteiger partial charge in [-0.3, -0.25) is 14.4 Å². The SMILES string of the molecule is CC(=O)CCOC(=O)C1CCC(=O)CC1. The fourth-order valence-corrected chi connectivity index (χ4v) is 1.59. The Morgan fingerprint density at radius 2 is 1.93 bits per heavy atom. The van der Waals surface area contributed by atoms with Crippen LogP contribution < -0.4 is 0 Å². The first-order chi connectivity index (χ1) is 7.09. The molecule has 0 N–H and O–H groups in total. The molecule has 1 rings (SSSR count). The van der Waals surface area contributed by atoms with Crippen molar-refractivity contribution in [2.24, 2.45) is 5.92 Å². The van der Waals surface area contributed by atoms with Gasteiger partial charge in [-0.25, -0.2) is 0 Å². The van der Waals surface area contributed by atoms with Gasteiger partial charge in [-0.05, 0) is 19.8 Å². The fourth-order valence-electron chi connectivity index (χ4n) is 1.59. The Bertz CT molecular complexity index is 260. The maximum absolute atomic E-state index is 11.4. The van der Waals surface area contributed by atoms with Crippen molar-refractivity contribution in [3.8, 4) is 0 Å². The van der Waals surface area contributed by atoms with Crippen LogP contribution in [0.15, 0.2) is 0 Å². The molecule has 0 spiro atoms. The first-order valence-electron chi connectivity index (χ1n) is 5.27. The largest absolute Gasteiger partial charge is 0.465 e. The van der Waals surface area contributed by atoms with Crippen molar-refractivity contribution in [2.75, 3.05) is 6.61 Å². The molecule has 0 amide bonds. The Morgan fingerprint density at radius 1 is 1.33 bits per heavy atom. The van der Waals surface area contributed by atoms with E-state index in [0.29, 0.717) is 25.7 Å². The summed E-state index contributed by atoms with van der Waals surface area (Å²) in [5.74, 6) is -0.164. The van der Waals surface area contributed by atoms with Crippen molar-refractivity contribution >= 4 is 17.5 Å². The van der Waals surface area contributed by atoms with Gasteiger partial charge in [-0.1, -0.05) is 0 Å². The van der Waals surface area contributed by atoms with E-state index in [4.69, 9.17) is 4.74 Å². The predicted octanol–water partition coefficient (Wildman–Crippen LogP) is 1.27. The summed E-state index contributed by atoms with van der Waals surface area (Å²) in [5.41, 5.74) is 0. The van der Waals surface area contributed by atoms with E-state index >= 15 is 0 Å². The molecule has 0 radical (unpaired) electrons. The molecular weight excluding hydrogens is 196 g/mol. The number of hydrogen-bond donors (Lipinski definition) is 0. The number of carbonyl (C=O) groups excluding carboxylic acids is 3. The maximum atomic E-state index is 11.4. The van der Waals surface area contributed by atoms with Crippen molar-refractivity contribution in [3.63, 3.8) is 0 Å². The predicted molar refractivity (Wildman–Crippen MR) is 53.2 cm³/mol. The summed E-state index contributed by atoms with van der Waals surface area (Å²) in [5, 5.41) is 0. The Labute approximate surface area is 89.0 Å². The zero-order valence-corrected chi connectivity index (χ0v) is 8.95. The second kappa shape index (κ2) is 5.63. The molecular formula is C11H16O4. The molecule has 0 aromatic rings. The van der Waals surface area contributed by atoms with Crippen LogP contribution in [-0.2, 0) is 19.1 Å². The van der Waals surface area contributed by atoms with Crippen molar-refractivity contribution < 1.29 is 19.1 Å². The summed E-state index contributed by atoms with van der Waals surface area (Å²) in [7, 11) is 0. The van der Waals surface area contributed by atoms with Crippen LogP contribution in [0, 0.1) is 5.92 Å². The number of esters is 1. The van der Waals surface area contributed by atoms with Crippen molar-refractivity contribution in [1.82, 2.24) is 0 Å². The van der Waals surface area contributed by atoms with Gasteiger partial charge in [0.15, 0.2) is 0 Å². The van der Waals surface area contributed by atoms with Crippen LogP contribution in [-0.4, -0.2) is 24.1 Å². The normalized spacial score (nSPS) is 17.5. The molecule has 1 saturated carbocycles. The topological polar surface area (TPSA) is 60.4 Å². The Hall–Kier alpha value is -1.19. The van der Waals surface area contributed by atoms with E-state index in [-0.39, 0.29) is 36.5 Å². The highest BCUT2D eigenvalue weighted by Gasteiger charge is 2.25. The van der Waals surface area contributed by atoms with Gasteiger partial charge in [0.1, 0.15) is 11.6 Å². The van der Waals surface area contributed by atoms with Crippen LogP contribution >= 0.6 is 0 Å². The highest BCUT2D eigenvalue weighted by Crippen LogP contribution is 2.22. The van der Waals surface area contributed by atoms with E-state index < -0.39 is 0 Å². The minimum absolute atomic E-state index is 0.0154. The summed E-state index contributed by atoms with van der Waals surface area (Å²) in [4.78, 5) is 33.0. The molecule has 0 unspecified atom stereocenters. The lowest BCUT2D eigenvalue weighted by Gasteiger charge is -2.19. The quantitative estimate of drug-likeness (QED) is 0.658. The third-order valence-corrected chi connectivity index (χ3v) is 2.58. The van der Waals surface area contributed by atoms with Gasteiger partial charge in [0.05, 0.1) is 12.5 Å². The molecule has 0 aliphatic heterocycles. The molecule has 0 aromatic heterocycles. The summed E-state index contributed by atoms with van der Waals surface area (Å²) in [6.07, 6.45) is 2.42. The van der Waals surface area contributed by atoms with E-state index in [9.17, 15) is 14.4 Å². The lowest BCUT2D eigenvalue weighted by Crippen LogP contribution is -2.24. The van der Waals surface area contributed by atoms with E-state index in [1.807, 2.05) is 0 Å². The number of rotatable bonds is 4. The average molecular weight is 212 g/mol. The lowest BCUT2D eigenvalue weighted by atomic mass is 9.88. The number of carbonyl (C=O) groups is 3. The summed E-state index contributed by atoms with van der Waals surface area (Å²) < 4.78 is 4.96. The second-order valence-corrected chi connectivity index (χ2v) is 3.93. The molecule has 4 heteroatoms. The van der Waals surface area contributed by atoms with Crippen LogP contribution in [0.4, 0.5) is 0 Å². The molecule has 1 fully saturated rings. The van der Waals surface area contributed by atoms with Gasteiger partial charge in [0.2, 0.25) is 0 Å². The Balaban J connectivity index is 2.22. The fraction of sp³-hybridized carbons (Fsp3) is 0.727. The monoisotopic (exact) mass is 212 g/mol. The number of ether oxygens (including phenoxy) is 1.